The molecule has 0 aliphatic carbocycles. The molecule has 3 nitrogen and oxygen atoms in total. The number of aryl methyl sites for hydroxylation is 1. The molecule has 1 aromatic carbocycles. The fraction of sp³-hybridized carbons (Fsp3) is 0.667. The van der Waals surface area contributed by atoms with Gasteiger partial charge in [0, 0.05) is 11.8 Å². The van der Waals surface area contributed by atoms with Gasteiger partial charge >= 0.3 is 7.12 Å². The minimum atomic E-state index is -0.593. The van der Waals surface area contributed by atoms with Gasteiger partial charge in [-0.2, -0.15) is 0 Å². The first kappa shape index (κ1) is 20.2. The molecule has 1 saturated heterocycles. The summed E-state index contributed by atoms with van der Waals surface area (Å²) in [7, 11) is -0.373. The Morgan fingerprint density at radius 1 is 1.08 bits per heavy atom. The smallest absolute Gasteiger partial charge is 0.403 e. The van der Waals surface area contributed by atoms with Gasteiger partial charge in [-0.25, -0.2) is 0 Å². The Hall–Kier alpha value is -1.13. The van der Waals surface area contributed by atoms with Gasteiger partial charge in [0.2, 0.25) is 0 Å². The van der Waals surface area contributed by atoms with Crippen LogP contribution in [-0.2, 0) is 19.5 Å². The average Bonchev–Trinajstić information content (AvgIpc) is 2.72. The summed E-state index contributed by atoms with van der Waals surface area (Å²) in [5.74, 6) is 0.271. The Labute approximate surface area is 153 Å². The van der Waals surface area contributed by atoms with Gasteiger partial charge in [0.25, 0.3) is 0 Å². The van der Waals surface area contributed by atoms with Crippen LogP contribution < -0.4 is 0 Å². The van der Waals surface area contributed by atoms with Crippen molar-refractivity contribution in [3.8, 4) is 0 Å². The van der Waals surface area contributed by atoms with Crippen molar-refractivity contribution in [2.24, 2.45) is 0 Å². The molecule has 0 saturated carbocycles. The highest BCUT2D eigenvalue weighted by atomic mass is 16.7. The van der Waals surface area contributed by atoms with Crippen LogP contribution in [0.5, 0.6) is 0 Å². The van der Waals surface area contributed by atoms with E-state index in [2.05, 4.69) is 65.8 Å². The fourth-order valence-corrected chi connectivity index (χ4v) is 3.31. The molecule has 1 fully saturated rings. The van der Waals surface area contributed by atoms with Crippen molar-refractivity contribution in [1.82, 2.24) is 0 Å². The van der Waals surface area contributed by atoms with Gasteiger partial charge in [-0.05, 0) is 59.8 Å². The van der Waals surface area contributed by atoms with E-state index in [0.29, 0.717) is 12.7 Å². The molecule has 2 rings (SSSR count). The number of Topliss-reactive ketones (excluding diaryl/α,β-unsaturated/α-hetero) is 1. The average molecular weight is 344 g/mol. The number of rotatable bonds is 7. The summed E-state index contributed by atoms with van der Waals surface area (Å²) in [6, 6.07) is 8.30. The van der Waals surface area contributed by atoms with Crippen molar-refractivity contribution in [3.63, 3.8) is 0 Å². The maximum Gasteiger partial charge on any atom is 0.459 e. The standard InChI is InChI=1S/C21H33BO3/c1-8-9-10-18(23)21(7,17-13-11-16(2)12-14-17)15-22-24-19(3,4)20(5,6)25-22/h11-14H,8-10,15H2,1-7H3. The van der Waals surface area contributed by atoms with Crippen molar-refractivity contribution in [1.29, 1.82) is 0 Å². The predicted molar refractivity (Wildman–Crippen MR) is 104 cm³/mol. The van der Waals surface area contributed by atoms with E-state index in [-0.39, 0.29) is 24.1 Å². The van der Waals surface area contributed by atoms with E-state index in [0.717, 1.165) is 18.4 Å². The molecule has 25 heavy (non-hydrogen) atoms. The first-order valence-electron chi connectivity index (χ1n) is 9.48. The van der Waals surface area contributed by atoms with Gasteiger partial charge in [-0.3, -0.25) is 4.79 Å². The summed E-state index contributed by atoms with van der Waals surface area (Å²) in [5, 5.41) is 0. The Kier molecular flexibility index (Phi) is 5.85. The Balaban J connectivity index is 2.29. The van der Waals surface area contributed by atoms with Crippen LogP contribution in [0.25, 0.3) is 0 Å². The zero-order chi connectivity index (χ0) is 18.9. The molecule has 4 heteroatoms. The summed E-state index contributed by atoms with van der Waals surface area (Å²) in [6.07, 6.45) is 3.09. The molecule has 0 aromatic heterocycles. The van der Waals surface area contributed by atoms with E-state index in [1.165, 1.54) is 5.56 Å². The molecule has 0 N–H and O–H groups in total. The monoisotopic (exact) mass is 344 g/mol. The van der Waals surface area contributed by atoms with Gasteiger partial charge < -0.3 is 9.31 Å². The van der Waals surface area contributed by atoms with Crippen molar-refractivity contribution < 1.29 is 14.1 Å². The van der Waals surface area contributed by atoms with Crippen LogP contribution in [0.3, 0.4) is 0 Å². The molecule has 1 heterocycles. The lowest BCUT2D eigenvalue weighted by molar-refractivity contribution is -0.123. The number of carbonyl (C=O) groups is 1. The van der Waals surface area contributed by atoms with Crippen LogP contribution in [0.2, 0.25) is 6.32 Å². The maximum atomic E-state index is 13.1. The van der Waals surface area contributed by atoms with E-state index in [9.17, 15) is 4.79 Å². The summed E-state index contributed by atoms with van der Waals surface area (Å²) in [6.45, 7) is 14.4. The molecule has 1 aliphatic heterocycles. The minimum absolute atomic E-state index is 0.271. The highest BCUT2D eigenvalue weighted by molar-refractivity contribution is 6.46. The van der Waals surface area contributed by atoms with Crippen molar-refractivity contribution in [2.45, 2.75) is 90.7 Å². The van der Waals surface area contributed by atoms with Crippen molar-refractivity contribution in [2.75, 3.05) is 0 Å². The lowest BCUT2D eigenvalue weighted by Gasteiger charge is -2.32. The molecule has 0 amide bonds. The van der Waals surface area contributed by atoms with E-state index >= 15 is 0 Å². The second kappa shape index (κ2) is 7.24. The first-order chi connectivity index (χ1) is 11.5. The molecule has 1 unspecified atom stereocenters. The third kappa shape index (κ3) is 4.17. The van der Waals surface area contributed by atoms with E-state index < -0.39 is 5.41 Å². The molecule has 0 radical (unpaired) electrons. The summed E-state index contributed by atoms with van der Waals surface area (Å²) in [4.78, 5) is 13.1. The van der Waals surface area contributed by atoms with Gasteiger partial charge in [0.1, 0.15) is 5.78 Å². The number of hydrogen-bond donors (Lipinski definition) is 0. The van der Waals surface area contributed by atoms with Crippen LogP contribution in [0, 0.1) is 6.92 Å². The largest absolute Gasteiger partial charge is 0.459 e. The number of benzene rings is 1. The molecular weight excluding hydrogens is 311 g/mol. The number of hydrogen-bond acceptors (Lipinski definition) is 3. The van der Waals surface area contributed by atoms with Crippen LogP contribution >= 0.6 is 0 Å². The van der Waals surface area contributed by atoms with E-state index in [1.807, 2.05) is 6.92 Å². The predicted octanol–water partition coefficient (Wildman–Crippen LogP) is 5.10. The Bertz CT molecular complexity index is 590. The number of carbonyl (C=O) groups excluding carboxylic acids is 1. The minimum Gasteiger partial charge on any atom is -0.403 e. The third-order valence-electron chi connectivity index (χ3n) is 5.94. The normalized spacial score (nSPS) is 21.2. The summed E-state index contributed by atoms with van der Waals surface area (Å²) >= 11 is 0. The maximum absolute atomic E-state index is 13.1. The Morgan fingerprint density at radius 3 is 2.08 bits per heavy atom. The van der Waals surface area contributed by atoms with Crippen LogP contribution in [0.1, 0.15) is 71.9 Å². The number of ketones is 1. The highest BCUT2D eigenvalue weighted by Crippen LogP contribution is 2.42. The Morgan fingerprint density at radius 2 is 1.60 bits per heavy atom. The van der Waals surface area contributed by atoms with Crippen LogP contribution in [0.4, 0.5) is 0 Å². The van der Waals surface area contributed by atoms with Gasteiger partial charge in [-0.1, -0.05) is 43.2 Å². The lowest BCUT2D eigenvalue weighted by Crippen LogP contribution is -2.41. The molecule has 138 valence electrons. The van der Waals surface area contributed by atoms with Crippen LogP contribution in [-0.4, -0.2) is 24.1 Å². The molecule has 1 aromatic rings. The van der Waals surface area contributed by atoms with Crippen molar-refractivity contribution >= 4 is 12.9 Å². The first-order valence-corrected chi connectivity index (χ1v) is 9.48. The molecule has 1 atom stereocenters. The van der Waals surface area contributed by atoms with Gasteiger partial charge in [0.15, 0.2) is 0 Å². The number of unbranched alkanes of at least 4 members (excludes halogenated alkanes) is 1. The third-order valence-corrected chi connectivity index (χ3v) is 5.94. The summed E-state index contributed by atoms with van der Waals surface area (Å²) < 4.78 is 12.4. The fourth-order valence-electron chi connectivity index (χ4n) is 3.31. The molecule has 1 aliphatic rings. The highest BCUT2D eigenvalue weighted by Gasteiger charge is 2.53. The molecular formula is C21H33BO3. The van der Waals surface area contributed by atoms with Gasteiger partial charge in [0.05, 0.1) is 11.2 Å². The zero-order valence-corrected chi connectivity index (χ0v) is 16.9. The zero-order valence-electron chi connectivity index (χ0n) is 16.9. The van der Waals surface area contributed by atoms with E-state index in [4.69, 9.17) is 9.31 Å². The van der Waals surface area contributed by atoms with E-state index in [1.54, 1.807) is 0 Å². The second-order valence-electron chi connectivity index (χ2n) is 8.61. The second-order valence-corrected chi connectivity index (χ2v) is 8.61. The van der Waals surface area contributed by atoms with Crippen LogP contribution in [0.15, 0.2) is 24.3 Å². The molecule has 0 bridgehead atoms. The summed E-state index contributed by atoms with van der Waals surface area (Å²) in [5.41, 5.74) is 0.900. The van der Waals surface area contributed by atoms with Gasteiger partial charge in [-0.15, -0.1) is 0 Å². The topological polar surface area (TPSA) is 35.5 Å². The quantitative estimate of drug-likeness (QED) is 0.645. The SMILES string of the molecule is CCCCC(=O)C(C)(CB1OC(C)(C)C(C)(C)O1)c1ccc(C)cc1. The lowest BCUT2D eigenvalue weighted by atomic mass is 9.62. The van der Waals surface area contributed by atoms with Crippen molar-refractivity contribution in [3.05, 3.63) is 35.4 Å². The molecule has 0 spiro atoms.